The summed E-state index contributed by atoms with van der Waals surface area (Å²) in [6.45, 7) is -6.22. The molecule has 0 aromatic carbocycles. The average Bonchev–Trinajstić information content (AvgIpc) is 2.23. The van der Waals surface area contributed by atoms with Gasteiger partial charge in [0.2, 0.25) is 0 Å². The number of hydrogen-bond acceptors (Lipinski definition) is 2. The molecule has 0 aliphatic carbocycles. The third-order valence-corrected chi connectivity index (χ3v) is 1.62. The lowest BCUT2D eigenvalue weighted by Gasteiger charge is -2.04. The van der Waals surface area contributed by atoms with E-state index in [-0.39, 0.29) is 5.69 Å². The maximum atomic E-state index is 8.78. The van der Waals surface area contributed by atoms with Gasteiger partial charge in [-0.25, -0.2) is 4.98 Å². The van der Waals surface area contributed by atoms with Crippen molar-refractivity contribution in [1.82, 2.24) is 4.98 Å². The molecule has 3 heteroatoms. The maximum Gasteiger partial charge on any atom is 0.141 e. The third-order valence-electron chi connectivity index (χ3n) is 1.16. The monoisotopic (exact) mass is 231 g/mol. The minimum Gasteiger partial charge on any atom is -0.242 e. The second-order valence-electron chi connectivity index (χ2n) is 2.04. The van der Waals surface area contributed by atoms with Crippen molar-refractivity contribution in [3.63, 3.8) is 0 Å². The van der Waals surface area contributed by atoms with Crippen LogP contribution >= 0.6 is 15.9 Å². The first kappa shape index (κ1) is 3.47. The van der Waals surface area contributed by atoms with Crippen LogP contribution in [-0.2, 0) is 0 Å². The van der Waals surface area contributed by atoms with E-state index in [0.717, 1.165) is 6.07 Å². The van der Waals surface area contributed by atoms with Gasteiger partial charge in [-0.2, -0.15) is 5.26 Å². The fourth-order valence-electron chi connectivity index (χ4n) is 0.683. The molecule has 2 nitrogen and oxygen atoms in total. The van der Waals surface area contributed by atoms with E-state index in [2.05, 4.69) is 20.9 Å². The second-order valence-corrected chi connectivity index (χ2v) is 2.96. The van der Waals surface area contributed by atoms with Crippen LogP contribution in [0, 0.1) is 11.3 Å². The molecule has 0 spiro atoms. The van der Waals surface area contributed by atoms with Gasteiger partial charge in [0.1, 0.15) is 11.8 Å². The molecular weight excluding hydrogens is 216 g/mol. The van der Waals surface area contributed by atoms with Crippen LogP contribution in [0.5, 0.6) is 0 Å². The van der Waals surface area contributed by atoms with Gasteiger partial charge in [0.15, 0.2) is 0 Å². The Hall–Kier alpha value is -0.880. The van der Waals surface area contributed by atoms with Crippen LogP contribution in [0.2, 0.25) is 0 Å². The SMILES string of the molecule is [2H]C([2H])([2H])C([2H])(c1cc(Br)cc(C#N)n1)C([2H])([2H])[2H]. The molecule has 0 amide bonds. The van der Waals surface area contributed by atoms with Crippen LogP contribution in [0.4, 0.5) is 0 Å². The van der Waals surface area contributed by atoms with Crippen molar-refractivity contribution >= 4 is 15.9 Å². The van der Waals surface area contributed by atoms with E-state index in [1.807, 2.05) is 0 Å². The zero-order valence-corrected chi connectivity index (χ0v) is 7.51. The quantitative estimate of drug-likeness (QED) is 0.746. The number of hydrogen-bond donors (Lipinski definition) is 0. The van der Waals surface area contributed by atoms with E-state index < -0.39 is 25.3 Å². The Bertz CT molecular complexity index is 515. The van der Waals surface area contributed by atoms with Gasteiger partial charge in [0.25, 0.3) is 0 Å². The van der Waals surface area contributed by atoms with Crippen molar-refractivity contribution in [2.24, 2.45) is 0 Å². The summed E-state index contributed by atoms with van der Waals surface area (Å²) >= 11 is 3.04. The highest BCUT2D eigenvalue weighted by molar-refractivity contribution is 9.10. The van der Waals surface area contributed by atoms with Gasteiger partial charge in [-0.05, 0) is 18.0 Å². The van der Waals surface area contributed by atoms with Gasteiger partial charge in [-0.3, -0.25) is 0 Å². The molecule has 0 N–H and O–H groups in total. The van der Waals surface area contributed by atoms with Crippen LogP contribution in [0.25, 0.3) is 0 Å². The molecule has 12 heavy (non-hydrogen) atoms. The Balaban J connectivity index is 3.62. The summed E-state index contributed by atoms with van der Waals surface area (Å²) < 4.78 is 52.2. The molecular formula is C9H9BrN2. The summed E-state index contributed by atoms with van der Waals surface area (Å²) in [5.74, 6) is -2.89. The summed E-state index contributed by atoms with van der Waals surface area (Å²) in [7, 11) is 0. The van der Waals surface area contributed by atoms with Crippen molar-refractivity contribution in [1.29, 1.82) is 5.26 Å². The molecule has 62 valence electrons. The van der Waals surface area contributed by atoms with Crippen molar-refractivity contribution in [3.05, 3.63) is 28.0 Å². The van der Waals surface area contributed by atoms with E-state index in [1.54, 1.807) is 6.07 Å². The average molecular weight is 232 g/mol. The first-order valence-electron chi connectivity index (χ1n) is 6.51. The predicted molar refractivity (Wildman–Crippen MR) is 50.7 cm³/mol. The van der Waals surface area contributed by atoms with E-state index in [9.17, 15) is 0 Å². The minimum absolute atomic E-state index is 0.158. The topological polar surface area (TPSA) is 36.7 Å². The Morgan fingerprint density at radius 3 is 3.08 bits per heavy atom. The van der Waals surface area contributed by atoms with Crippen LogP contribution in [0.15, 0.2) is 16.6 Å². The lowest BCUT2D eigenvalue weighted by atomic mass is 10.1. The van der Waals surface area contributed by atoms with Crippen molar-refractivity contribution < 1.29 is 9.60 Å². The number of nitriles is 1. The van der Waals surface area contributed by atoms with E-state index >= 15 is 0 Å². The standard InChI is InChI=1S/C9H9BrN2/c1-6(2)9-4-7(10)3-8(5-11)12-9/h3-4,6H,1-2H3/i1D3,2D3,6D. The highest BCUT2D eigenvalue weighted by Gasteiger charge is 2.03. The Morgan fingerprint density at radius 1 is 1.75 bits per heavy atom. The van der Waals surface area contributed by atoms with Crippen molar-refractivity contribution in [2.75, 3.05) is 0 Å². The Morgan fingerprint density at radius 2 is 2.50 bits per heavy atom. The summed E-state index contributed by atoms with van der Waals surface area (Å²) in [6, 6.07) is 4.13. The lowest BCUT2D eigenvalue weighted by molar-refractivity contribution is 0.818. The summed E-state index contributed by atoms with van der Waals surface area (Å²) in [4.78, 5) is 3.66. The van der Waals surface area contributed by atoms with E-state index in [1.165, 1.54) is 6.07 Å². The summed E-state index contributed by atoms with van der Waals surface area (Å²) in [5.41, 5.74) is -0.645. The summed E-state index contributed by atoms with van der Waals surface area (Å²) in [5, 5.41) is 8.78. The van der Waals surface area contributed by atoms with E-state index in [0.29, 0.717) is 4.47 Å². The highest BCUT2D eigenvalue weighted by atomic mass is 79.9. The summed E-state index contributed by atoms with van der Waals surface area (Å²) in [6.07, 6.45) is 0. The minimum atomic E-state index is -3.11. The fraction of sp³-hybridized carbons (Fsp3) is 0.333. The first-order chi connectivity index (χ1) is 8.43. The fourth-order valence-corrected chi connectivity index (χ4v) is 1.12. The Kier molecular flexibility index (Phi) is 1.06. The molecule has 0 radical (unpaired) electrons. The number of rotatable bonds is 1. The smallest absolute Gasteiger partial charge is 0.141 e. The number of aromatic nitrogens is 1. The van der Waals surface area contributed by atoms with E-state index in [4.69, 9.17) is 14.9 Å². The molecule has 1 heterocycles. The van der Waals surface area contributed by atoms with Gasteiger partial charge < -0.3 is 0 Å². The number of pyridine rings is 1. The molecule has 0 bridgehead atoms. The predicted octanol–water partition coefficient (Wildman–Crippen LogP) is 2.84. The number of nitrogens with zero attached hydrogens (tertiary/aromatic N) is 2. The zero-order valence-electron chi connectivity index (χ0n) is 12.9. The molecule has 0 atom stereocenters. The largest absolute Gasteiger partial charge is 0.242 e. The van der Waals surface area contributed by atoms with Crippen LogP contribution in [0.3, 0.4) is 0 Å². The van der Waals surface area contributed by atoms with Crippen LogP contribution in [-0.4, -0.2) is 4.98 Å². The second kappa shape index (κ2) is 3.68. The molecule has 1 aromatic rings. The first-order valence-corrected chi connectivity index (χ1v) is 3.81. The zero-order chi connectivity index (χ0) is 15.1. The van der Waals surface area contributed by atoms with Crippen molar-refractivity contribution in [3.8, 4) is 6.07 Å². The normalized spacial score (nSPS) is 21.5. The highest BCUT2D eigenvalue weighted by Crippen LogP contribution is 2.18. The van der Waals surface area contributed by atoms with Gasteiger partial charge in [-0.1, -0.05) is 29.6 Å². The molecule has 0 aliphatic rings. The van der Waals surface area contributed by atoms with Crippen LogP contribution in [0.1, 0.15) is 40.6 Å². The van der Waals surface area contributed by atoms with Gasteiger partial charge >= 0.3 is 0 Å². The molecule has 0 aliphatic heterocycles. The van der Waals surface area contributed by atoms with Crippen molar-refractivity contribution in [2.45, 2.75) is 19.6 Å². The molecule has 0 fully saturated rings. The maximum absolute atomic E-state index is 8.78. The lowest BCUT2D eigenvalue weighted by Crippen LogP contribution is -1.94. The molecule has 1 aromatic heterocycles. The number of halogens is 1. The Labute approximate surface area is 90.2 Å². The van der Waals surface area contributed by atoms with Gasteiger partial charge in [-0.15, -0.1) is 0 Å². The van der Waals surface area contributed by atoms with Crippen LogP contribution < -0.4 is 0 Å². The van der Waals surface area contributed by atoms with Gasteiger partial charge in [0, 0.05) is 19.8 Å². The third kappa shape index (κ3) is 2.05. The molecule has 0 saturated heterocycles. The van der Waals surface area contributed by atoms with Gasteiger partial charge in [0.05, 0.1) is 0 Å². The molecule has 0 unspecified atom stereocenters. The molecule has 0 saturated carbocycles. The molecule has 1 rings (SSSR count).